The minimum absolute atomic E-state index is 0.0274. The summed E-state index contributed by atoms with van der Waals surface area (Å²) in [7, 11) is -2.34. The van der Waals surface area contributed by atoms with Gasteiger partial charge >= 0.3 is 6.18 Å². The topological polar surface area (TPSA) is 116 Å². The van der Waals surface area contributed by atoms with Crippen LogP contribution in [0.2, 0.25) is 0 Å². The van der Waals surface area contributed by atoms with Crippen molar-refractivity contribution in [2.45, 2.75) is 49.2 Å². The first-order valence-corrected chi connectivity index (χ1v) is 14.1. The number of sulfonamides is 1. The molecule has 3 atom stereocenters. The van der Waals surface area contributed by atoms with Crippen LogP contribution in [0.1, 0.15) is 37.0 Å². The van der Waals surface area contributed by atoms with E-state index in [1.54, 1.807) is 25.3 Å². The fourth-order valence-corrected chi connectivity index (χ4v) is 6.30. The number of thiophene rings is 1. The number of ether oxygens (including phenoxy) is 1. The highest BCUT2D eigenvalue weighted by Crippen LogP contribution is 2.32. The van der Waals surface area contributed by atoms with E-state index in [0.29, 0.717) is 0 Å². The van der Waals surface area contributed by atoms with E-state index in [4.69, 9.17) is 4.74 Å². The summed E-state index contributed by atoms with van der Waals surface area (Å²) in [4.78, 5) is 26.9. The van der Waals surface area contributed by atoms with Gasteiger partial charge in [-0.1, -0.05) is 13.0 Å². The van der Waals surface area contributed by atoms with Crippen molar-refractivity contribution < 1.29 is 41.0 Å². The van der Waals surface area contributed by atoms with Gasteiger partial charge in [-0.05, 0) is 36.6 Å². The Bertz CT molecular complexity index is 1240. The monoisotopic (exact) mass is 577 g/mol. The number of amides is 2. The maximum absolute atomic E-state index is 13.4. The number of hydrogen-bond donors (Lipinski definition) is 2. The number of nitrogens with zero attached hydrogens (tertiary/aromatic N) is 2. The van der Waals surface area contributed by atoms with Gasteiger partial charge in [0.25, 0.3) is 15.9 Å². The average molecular weight is 578 g/mol. The molecule has 1 aliphatic heterocycles. The molecule has 38 heavy (non-hydrogen) atoms. The first-order valence-electron chi connectivity index (χ1n) is 11.8. The van der Waals surface area contributed by atoms with Crippen LogP contribution < -0.4 is 10.1 Å². The largest absolute Gasteiger partial charge is 0.488 e. The fraction of sp³-hybridized carbons (Fsp3) is 0.500. The number of benzene rings is 1. The maximum atomic E-state index is 13.4. The Morgan fingerprint density at radius 1 is 1.34 bits per heavy atom. The molecular weight excluding hydrogens is 547 g/mol. The van der Waals surface area contributed by atoms with E-state index in [1.807, 2.05) is 0 Å². The summed E-state index contributed by atoms with van der Waals surface area (Å²) in [6.07, 6.45) is -7.23. The van der Waals surface area contributed by atoms with Crippen LogP contribution in [0.25, 0.3) is 0 Å². The Morgan fingerprint density at radius 3 is 2.66 bits per heavy atom. The van der Waals surface area contributed by atoms with E-state index in [9.17, 15) is 36.3 Å². The van der Waals surface area contributed by atoms with Gasteiger partial charge in [-0.3, -0.25) is 9.59 Å². The van der Waals surface area contributed by atoms with Crippen molar-refractivity contribution in [3.8, 4) is 5.75 Å². The highest BCUT2D eigenvalue weighted by Gasteiger charge is 2.35. The Kier molecular flexibility index (Phi) is 9.44. The van der Waals surface area contributed by atoms with Gasteiger partial charge in [0.15, 0.2) is 0 Å². The highest BCUT2D eigenvalue weighted by atomic mass is 32.2. The van der Waals surface area contributed by atoms with Crippen LogP contribution in [-0.4, -0.2) is 79.6 Å². The van der Waals surface area contributed by atoms with Gasteiger partial charge in [-0.25, -0.2) is 8.42 Å². The number of hydrogen-bond acceptors (Lipinski definition) is 7. The molecule has 1 aromatic heterocycles. The number of halogens is 3. The molecule has 0 unspecified atom stereocenters. The van der Waals surface area contributed by atoms with Gasteiger partial charge in [0.05, 0.1) is 31.2 Å². The first kappa shape index (κ1) is 29.9. The molecule has 14 heteroatoms. The fourth-order valence-electron chi connectivity index (χ4n) is 3.91. The second-order valence-corrected chi connectivity index (χ2v) is 12.4. The Labute approximate surface area is 223 Å². The number of alkyl halides is 3. The molecule has 2 amide bonds. The molecule has 0 saturated carbocycles. The summed E-state index contributed by atoms with van der Waals surface area (Å²) >= 11 is 1.09. The quantitative estimate of drug-likeness (QED) is 0.471. The van der Waals surface area contributed by atoms with Crippen LogP contribution >= 0.6 is 11.3 Å². The summed E-state index contributed by atoms with van der Waals surface area (Å²) in [5.41, 5.74) is 0.131. The number of fused-ring (bicyclic) bond motifs is 1. The third-order valence-corrected chi connectivity index (χ3v) is 9.38. The van der Waals surface area contributed by atoms with Gasteiger partial charge < -0.3 is 20.1 Å². The normalized spacial score (nSPS) is 19.4. The number of likely N-dealkylation sites (N-methyl/N-ethyl adjacent to an activating group) is 1. The summed E-state index contributed by atoms with van der Waals surface area (Å²) in [6, 6.07) is 6.66. The van der Waals surface area contributed by atoms with Gasteiger partial charge in [0.1, 0.15) is 16.1 Å². The lowest BCUT2D eigenvalue weighted by molar-refractivity contribution is -0.142. The van der Waals surface area contributed by atoms with Crippen molar-refractivity contribution in [1.29, 1.82) is 0 Å². The average Bonchev–Trinajstić information content (AvgIpc) is 3.40. The number of carbonyl (C=O) groups excluding carboxylic acids is 2. The first-order chi connectivity index (χ1) is 17.7. The lowest BCUT2D eigenvalue weighted by atomic mass is 9.99. The molecule has 0 saturated heterocycles. The number of anilines is 1. The lowest BCUT2D eigenvalue weighted by Crippen LogP contribution is -2.50. The number of rotatable bonds is 9. The van der Waals surface area contributed by atoms with Crippen LogP contribution in [0.4, 0.5) is 18.9 Å². The molecule has 2 N–H and O–H groups in total. The predicted octanol–water partition coefficient (Wildman–Crippen LogP) is 3.57. The van der Waals surface area contributed by atoms with E-state index >= 15 is 0 Å². The zero-order chi connectivity index (χ0) is 28.3. The Balaban J connectivity index is 1.91. The molecule has 2 aromatic rings. The molecular formula is C24H30F3N3O6S2. The van der Waals surface area contributed by atoms with Crippen molar-refractivity contribution in [3.05, 3.63) is 41.3 Å². The summed E-state index contributed by atoms with van der Waals surface area (Å²) < 4.78 is 70.9. The van der Waals surface area contributed by atoms with Crippen molar-refractivity contribution in [2.24, 2.45) is 5.92 Å². The van der Waals surface area contributed by atoms with Crippen LogP contribution in [0.3, 0.4) is 0 Å². The lowest BCUT2D eigenvalue weighted by Gasteiger charge is -2.38. The van der Waals surface area contributed by atoms with E-state index in [1.165, 1.54) is 40.5 Å². The van der Waals surface area contributed by atoms with Crippen molar-refractivity contribution in [2.75, 3.05) is 32.1 Å². The van der Waals surface area contributed by atoms with Crippen LogP contribution in [-0.2, 0) is 14.8 Å². The molecule has 0 aliphatic carbocycles. The van der Waals surface area contributed by atoms with Crippen LogP contribution in [0.15, 0.2) is 39.9 Å². The van der Waals surface area contributed by atoms with Crippen LogP contribution in [0.5, 0.6) is 5.75 Å². The molecule has 1 aliphatic rings. The SMILES string of the molecule is C[C@@H]1CN([C@@H](C)CO)C(=O)c2cc(NC(=O)CCC(F)(F)F)ccc2O[C@@H]1CN(C)S(=O)(=O)c1cccs1. The molecule has 2 heterocycles. The zero-order valence-corrected chi connectivity index (χ0v) is 22.7. The Morgan fingerprint density at radius 2 is 2.05 bits per heavy atom. The number of carbonyl (C=O) groups is 2. The summed E-state index contributed by atoms with van der Waals surface area (Å²) in [6.45, 7) is 3.23. The third kappa shape index (κ3) is 7.24. The zero-order valence-electron chi connectivity index (χ0n) is 21.1. The minimum Gasteiger partial charge on any atom is -0.488 e. The second-order valence-electron chi connectivity index (χ2n) is 9.21. The highest BCUT2D eigenvalue weighted by molar-refractivity contribution is 7.91. The molecule has 210 valence electrons. The molecule has 0 fully saturated rings. The smallest absolute Gasteiger partial charge is 0.389 e. The van der Waals surface area contributed by atoms with Crippen molar-refractivity contribution in [1.82, 2.24) is 9.21 Å². The Hall–Kier alpha value is -2.68. The minimum atomic E-state index is -4.48. The molecule has 9 nitrogen and oxygen atoms in total. The van der Waals surface area contributed by atoms with E-state index in [2.05, 4.69) is 5.32 Å². The number of aliphatic hydroxyl groups is 1. The summed E-state index contributed by atoms with van der Waals surface area (Å²) in [5, 5.41) is 13.8. The molecule has 1 aromatic carbocycles. The number of aliphatic hydroxyl groups excluding tert-OH is 1. The van der Waals surface area contributed by atoms with Gasteiger partial charge in [0, 0.05) is 31.6 Å². The molecule has 0 radical (unpaired) electrons. The predicted molar refractivity (Wildman–Crippen MR) is 136 cm³/mol. The molecule has 0 bridgehead atoms. The third-order valence-electron chi connectivity index (χ3n) is 6.18. The molecule has 3 rings (SSSR count). The van der Waals surface area contributed by atoms with Gasteiger partial charge in [0.2, 0.25) is 5.91 Å². The number of nitrogens with one attached hydrogen (secondary N) is 1. The van der Waals surface area contributed by atoms with Gasteiger partial charge in [-0.2, -0.15) is 17.5 Å². The van der Waals surface area contributed by atoms with E-state index < -0.39 is 53.0 Å². The standard InChI is InChI=1S/C24H30F3N3O6S2/c1-15-12-30(16(2)14-31)23(33)18-11-17(28-21(32)8-9-24(25,26)27)6-7-19(18)36-20(15)13-29(3)38(34,35)22-5-4-10-37-22/h4-7,10-11,15-16,20,31H,8-9,12-14H2,1-3H3,(H,28,32)/t15-,16+,20-/m1/s1. The van der Waals surface area contributed by atoms with Crippen molar-refractivity contribution in [3.63, 3.8) is 0 Å². The van der Waals surface area contributed by atoms with Crippen LogP contribution in [0, 0.1) is 5.92 Å². The maximum Gasteiger partial charge on any atom is 0.389 e. The van der Waals surface area contributed by atoms with Crippen molar-refractivity contribution >= 4 is 38.9 Å². The van der Waals surface area contributed by atoms with E-state index in [0.717, 1.165) is 11.3 Å². The van der Waals surface area contributed by atoms with Gasteiger partial charge in [-0.15, -0.1) is 11.3 Å². The molecule has 0 spiro atoms. The second kappa shape index (κ2) is 12.0. The van der Waals surface area contributed by atoms with E-state index in [-0.39, 0.29) is 46.8 Å². The summed E-state index contributed by atoms with van der Waals surface area (Å²) in [5.74, 6) is -1.59.